The van der Waals surface area contributed by atoms with Gasteiger partial charge in [-0.3, -0.25) is 4.90 Å². The molecule has 3 aromatic heterocycles. The van der Waals surface area contributed by atoms with Crippen molar-refractivity contribution in [3.8, 4) is 0 Å². The molecule has 29 heavy (non-hydrogen) atoms. The van der Waals surface area contributed by atoms with Crippen molar-refractivity contribution >= 4 is 22.2 Å². The molecule has 1 aliphatic heterocycles. The van der Waals surface area contributed by atoms with E-state index in [2.05, 4.69) is 24.8 Å². The summed E-state index contributed by atoms with van der Waals surface area (Å²) in [6, 6.07) is 12.0. The highest BCUT2D eigenvalue weighted by molar-refractivity contribution is 5.75. The van der Waals surface area contributed by atoms with Crippen molar-refractivity contribution in [3.05, 3.63) is 54.2 Å². The molecule has 4 aromatic rings. The fourth-order valence-electron chi connectivity index (χ4n) is 3.80. The number of para-hydroxylation sites is 2. The minimum atomic E-state index is 0.614. The van der Waals surface area contributed by atoms with E-state index in [4.69, 9.17) is 14.7 Å². The average Bonchev–Trinajstić information content (AvgIpc) is 3.33. The third-order valence-corrected chi connectivity index (χ3v) is 5.32. The molecule has 0 spiro atoms. The molecular formula is C21H25N7O. The van der Waals surface area contributed by atoms with Crippen LogP contribution in [0.5, 0.6) is 0 Å². The van der Waals surface area contributed by atoms with Gasteiger partial charge in [-0.1, -0.05) is 12.1 Å². The maximum absolute atomic E-state index is 5.41. The Labute approximate surface area is 168 Å². The number of nitrogens with zero attached hydrogens (tertiary/aromatic N) is 5. The molecule has 5 rings (SSSR count). The molecule has 2 N–H and O–H groups in total. The summed E-state index contributed by atoms with van der Waals surface area (Å²) in [7, 11) is 0. The van der Waals surface area contributed by atoms with Crippen LogP contribution >= 0.6 is 0 Å². The second-order valence-corrected chi connectivity index (χ2v) is 7.29. The molecule has 8 heteroatoms. The summed E-state index contributed by atoms with van der Waals surface area (Å²) in [6.45, 7) is 6.93. The highest BCUT2D eigenvalue weighted by atomic mass is 16.5. The lowest BCUT2D eigenvalue weighted by atomic mass is 10.3. The maximum Gasteiger partial charge on any atom is 0.160 e. The summed E-state index contributed by atoms with van der Waals surface area (Å²) < 4.78 is 7.56. The Hall–Kier alpha value is -2.81. The van der Waals surface area contributed by atoms with Gasteiger partial charge in [-0.15, -0.1) is 0 Å². The Bertz CT molecular complexity index is 1060. The number of rotatable bonds is 7. The Morgan fingerprint density at radius 1 is 1.03 bits per heavy atom. The van der Waals surface area contributed by atoms with Gasteiger partial charge in [-0.2, -0.15) is 0 Å². The normalized spacial score (nSPS) is 15.4. The summed E-state index contributed by atoms with van der Waals surface area (Å²) in [5, 5.41) is 3.54. The highest BCUT2D eigenvalue weighted by Gasteiger charge is 2.14. The molecule has 1 aliphatic rings. The number of aromatic nitrogens is 5. The minimum Gasteiger partial charge on any atom is -0.379 e. The fourth-order valence-corrected chi connectivity index (χ4v) is 3.80. The van der Waals surface area contributed by atoms with Crippen LogP contribution in [0, 0.1) is 0 Å². The van der Waals surface area contributed by atoms with Crippen molar-refractivity contribution in [1.82, 2.24) is 34.7 Å². The number of benzene rings is 1. The monoisotopic (exact) mass is 391 g/mol. The number of H-pyrrole nitrogens is 1. The van der Waals surface area contributed by atoms with E-state index in [1.54, 1.807) is 0 Å². The van der Waals surface area contributed by atoms with Gasteiger partial charge in [0.2, 0.25) is 0 Å². The Morgan fingerprint density at radius 2 is 1.90 bits per heavy atom. The van der Waals surface area contributed by atoms with Gasteiger partial charge in [0, 0.05) is 32.4 Å². The number of hydrogen-bond acceptors (Lipinski definition) is 6. The van der Waals surface area contributed by atoms with Crippen LogP contribution in [0.3, 0.4) is 0 Å². The zero-order chi connectivity index (χ0) is 19.5. The lowest BCUT2D eigenvalue weighted by molar-refractivity contribution is 0.0384. The van der Waals surface area contributed by atoms with Crippen molar-refractivity contribution in [2.75, 3.05) is 39.4 Å². The predicted molar refractivity (Wildman–Crippen MR) is 112 cm³/mol. The molecular weight excluding hydrogens is 366 g/mol. The molecule has 0 amide bonds. The maximum atomic E-state index is 5.41. The number of pyridine rings is 1. The van der Waals surface area contributed by atoms with Crippen LogP contribution in [0.4, 0.5) is 0 Å². The van der Waals surface area contributed by atoms with Crippen LogP contribution < -0.4 is 5.32 Å². The number of hydrogen-bond donors (Lipinski definition) is 2. The average molecular weight is 391 g/mol. The first-order valence-electron chi connectivity index (χ1n) is 10.1. The topological polar surface area (TPSA) is 83.9 Å². The molecule has 8 nitrogen and oxygen atoms in total. The highest BCUT2D eigenvalue weighted by Crippen LogP contribution is 2.17. The predicted octanol–water partition coefficient (Wildman–Crippen LogP) is 1.78. The molecule has 0 radical (unpaired) electrons. The fraction of sp³-hybridized carbons (Fsp3) is 0.381. The van der Waals surface area contributed by atoms with Crippen LogP contribution in [0.25, 0.3) is 22.2 Å². The number of fused-ring (bicyclic) bond motifs is 2. The zero-order valence-corrected chi connectivity index (χ0v) is 16.3. The van der Waals surface area contributed by atoms with E-state index in [1.165, 1.54) is 0 Å². The summed E-state index contributed by atoms with van der Waals surface area (Å²) in [6.07, 6.45) is 1.81. The van der Waals surface area contributed by atoms with Gasteiger partial charge in [0.15, 0.2) is 5.65 Å². The quantitative estimate of drug-likeness (QED) is 0.467. The zero-order valence-electron chi connectivity index (χ0n) is 16.3. The lowest BCUT2D eigenvalue weighted by Crippen LogP contribution is -2.40. The van der Waals surface area contributed by atoms with Crippen molar-refractivity contribution in [2.24, 2.45) is 0 Å². The van der Waals surface area contributed by atoms with E-state index in [-0.39, 0.29) is 0 Å². The standard InChI is InChI=1S/C21H25N7O/c1-2-5-17-16(4-1)24-19(25-17)15-28-20(26-18-6-3-7-23-21(18)28)14-22-8-9-27-10-12-29-13-11-27/h1-7,22H,8-15H2,(H,24,25). The molecule has 1 aromatic carbocycles. The van der Waals surface area contributed by atoms with Gasteiger partial charge in [0.25, 0.3) is 0 Å². The molecule has 0 unspecified atom stereocenters. The number of nitrogens with one attached hydrogen (secondary N) is 2. The van der Waals surface area contributed by atoms with Crippen molar-refractivity contribution in [1.29, 1.82) is 0 Å². The van der Waals surface area contributed by atoms with E-state index in [1.807, 2.05) is 42.6 Å². The van der Waals surface area contributed by atoms with Crippen LogP contribution in [0.15, 0.2) is 42.6 Å². The van der Waals surface area contributed by atoms with Crippen molar-refractivity contribution in [2.45, 2.75) is 13.1 Å². The number of ether oxygens (including phenoxy) is 1. The largest absolute Gasteiger partial charge is 0.379 e. The van der Waals surface area contributed by atoms with E-state index in [9.17, 15) is 0 Å². The molecule has 4 heterocycles. The van der Waals surface area contributed by atoms with E-state index in [0.717, 1.165) is 73.2 Å². The molecule has 150 valence electrons. The third kappa shape index (κ3) is 4.00. The van der Waals surface area contributed by atoms with E-state index >= 15 is 0 Å². The van der Waals surface area contributed by atoms with Gasteiger partial charge < -0.3 is 19.6 Å². The SMILES string of the molecule is c1ccc2[nH]c(Cn3c(CNCCN4CCOCC4)nc4cccnc43)nc2c1. The molecule has 1 fully saturated rings. The second kappa shape index (κ2) is 8.28. The molecule has 0 bridgehead atoms. The number of morpholine rings is 1. The summed E-state index contributed by atoms with van der Waals surface area (Å²) in [4.78, 5) is 19.9. The first kappa shape index (κ1) is 18.2. The van der Waals surface area contributed by atoms with Gasteiger partial charge in [0.1, 0.15) is 17.2 Å². The lowest BCUT2D eigenvalue weighted by Gasteiger charge is -2.26. The van der Waals surface area contributed by atoms with Gasteiger partial charge in [0.05, 0.1) is 37.3 Å². The minimum absolute atomic E-state index is 0.614. The number of imidazole rings is 2. The van der Waals surface area contributed by atoms with Crippen molar-refractivity contribution < 1.29 is 4.74 Å². The van der Waals surface area contributed by atoms with Crippen LogP contribution in [0.1, 0.15) is 11.6 Å². The van der Waals surface area contributed by atoms with Crippen LogP contribution in [-0.4, -0.2) is 68.8 Å². The first-order chi connectivity index (χ1) is 14.4. The van der Waals surface area contributed by atoms with Crippen LogP contribution in [0.2, 0.25) is 0 Å². The molecule has 0 atom stereocenters. The molecule has 0 aliphatic carbocycles. The summed E-state index contributed by atoms with van der Waals surface area (Å²) >= 11 is 0. The van der Waals surface area contributed by atoms with Gasteiger partial charge >= 0.3 is 0 Å². The van der Waals surface area contributed by atoms with Gasteiger partial charge in [-0.05, 0) is 24.3 Å². The second-order valence-electron chi connectivity index (χ2n) is 7.29. The van der Waals surface area contributed by atoms with E-state index in [0.29, 0.717) is 13.1 Å². The summed E-state index contributed by atoms with van der Waals surface area (Å²) in [5.41, 5.74) is 3.82. The Morgan fingerprint density at radius 3 is 2.79 bits per heavy atom. The summed E-state index contributed by atoms with van der Waals surface area (Å²) in [5.74, 6) is 1.88. The third-order valence-electron chi connectivity index (χ3n) is 5.32. The Kier molecular flexibility index (Phi) is 5.21. The number of aromatic amines is 1. The van der Waals surface area contributed by atoms with Crippen LogP contribution in [-0.2, 0) is 17.8 Å². The molecule has 0 saturated carbocycles. The Balaban J connectivity index is 1.32. The smallest absolute Gasteiger partial charge is 0.160 e. The van der Waals surface area contributed by atoms with Gasteiger partial charge in [-0.25, -0.2) is 15.0 Å². The van der Waals surface area contributed by atoms with E-state index < -0.39 is 0 Å². The molecule has 1 saturated heterocycles. The first-order valence-corrected chi connectivity index (χ1v) is 10.1. The van der Waals surface area contributed by atoms with Crippen molar-refractivity contribution in [3.63, 3.8) is 0 Å².